The van der Waals surface area contributed by atoms with E-state index in [1.54, 1.807) is 12.1 Å². The van der Waals surface area contributed by atoms with Crippen molar-refractivity contribution in [1.29, 1.82) is 0 Å². The van der Waals surface area contributed by atoms with E-state index in [-0.39, 0.29) is 17.1 Å². The normalized spacial score (nSPS) is 14.3. The van der Waals surface area contributed by atoms with Crippen LogP contribution < -0.4 is 21.8 Å². The molecule has 1 heterocycles. The minimum absolute atomic E-state index is 0. The SMILES string of the molecule is CC(NNc1ccc(/C([O-])=N/N)cn1)=C1C=CC=C1.[CH]1[CH][CH-]C=C1.[Fe+2]. The second-order valence-corrected chi connectivity index (χ2v) is 4.88. The molecule has 130 valence electrons. The minimum atomic E-state index is -0.494. The van der Waals surface area contributed by atoms with E-state index in [0.29, 0.717) is 11.4 Å². The van der Waals surface area contributed by atoms with Crippen LogP contribution in [0.3, 0.4) is 0 Å². The van der Waals surface area contributed by atoms with Gasteiger partial charge in [0.15, 0.2) is 0 Å². The predicted molar refractivity (Wildman–Crippen MR) is 94.7 cm³/mol. The van der Waals surface area contributed by atoms with Gasteiger partial charge in [0.1, 0.15) is 5.82 Å². The Bertz CT molecular complexity index is 670. The van der Waals surface area contributed by atoms with Gasteiger partial charge in [0.2, 0.25) is 0 Å². The first-order valence-corrected chi connectivity index (χ1v) is 7.36. The molecule has 0 fully saturated rings. The average molecular weight is 377 g/mol. The van der Waals surface area contributed by atoms with Crippen LogP contribution in [0.1, 0.15) is 12.5 Å². The molecule has 0 spiro atoms. The maximum atomic E-state index is 11.2. The van der Waals surface area contributed by atoms with Gasteiger partial charge in [0, 0.05) is 23.4 Å². The molecule has 2 radical (unpaired) electrons. The number of hydrazone groups is 1. The van der Waals surface area contributed by atoms with E-state index in [1.165, 1.54) is 6.20 Å². The molecule has 0 saturated carbocycles. The number of nitrogens with zero attached hydrogens (tertiary/aromatic N) is 2. The number of pyridine rings is 1. The van der Waals surface area contributed by atoms with E-state index < -0.39 is 5.90 Å². The maximum Gasteiger partial charge on any atom is 2.00 e. The standard InChI is InChI=1S/C13H15N5O.C5H5.Fe/c1-9(10-4-2-3-5-10)17-18-12-7-6-11(8-15-12)13(19)16-14;1-2-4-5-3-1;/h2-8,17H,14H2,1H3,(H,15,18)(H,16,19);1-5H;/q;-1;+2/p-1. The molecule has 1 aromatic heterocycles. The topological polar surface area (TPSA) is 98.4 Å². The summed E-state index contributed by atoms with van der Waals surface area (Å²) in [6.07, 6.45) is 19.4. The quantitative estimate of drug-likeness (QED) is 0.185. The van der Waals surface area contributed by atoms with Gasteiger partial charge in [-0.25, -0.2) is 23.6 Å². The van der Waals surface area contributed by atoms with Crippen molar-refractivity contribution in [2.45, 2.75) is 6.92 Å². The van der Waals surface area contributed by atoms with Crippen molar-refractivity contribution in [1.82, 2.24) is 10.4 Å². The molecular weight excluding hydrogens is 358 g/mol. The third-order valence-electron chi connectivity index (χ3n) is 3.16. The predicted octanol–water partition coefficient (Wildman–Crippen LogP) is 1.55. The van der Waals surface area contributed by atoms with Gasteiger partial charge in [0.05, 0.1) is 0 Å². The molecule has 2 aliphatic rings. The third kappa shape index (κ3) is 6.79. The summed E-state index contributed by atoms with van der Waals surface area (Å²) in [6, 6.07) is 3.28. The molecule has 0 aliphatic heterocycles. The van der Waals surface area contributed by atoms with E-state index in [0.717, 1.165) is 11.3 Å². The van der Waals surface area contributed by atoms with Crippen LogP contribution in [-0.2, 0) is 17.1 Å². The van der Waals surface area contributed by atoms with Crippen LogP contribution in [0.5, 0.6) is 0 Å². The van der Waals surface area contributed by atoms with Crippen LogP contribution in [0.25, 0.3) is 0 Å². The second kappa shape index (κ2) is 11.0. The number of allylic oxidation sites excluding steroid dienone is 8. The zero-order valence-electron chi connectivity index (χ0n) is 13.7. The summed E-state index contributed by atoms with van der Waals surface area (Å²) in [4.78, 5) is 4.08. The Kier molecular flexibility index (Phi) is 9.00. The molecule has 4 N–H and O–H groups in total. The van der Waals surface area contributed by atoms with Crippen LogP contribution >= 0.6 is 0 Å². The van der Waals surface area contributed by atoms with E-state index in [4.69, 9.17) is 5.84 Å². The molecule has 7 heteroatoms. The van der Waals surface area contributed by atoms with Gasteiger partial charge in [-0.05, 0) is 24.6 Å². The van der Waals surface area contributed by atoms with Crippen molar-refractivity contribution in [2.75, 3.05) is 5.43 Å². The molecule has 0 saturated heterocycles. The van der Waals surface area contributed by atoms with Crippen LogP contribution in [0, 0.1) is 19.3 Å². The largest absolute Gasteiger partial charge is 2.00 e. The fourth-order valence-electron chi connectivity index (χ4n) is 1.84. The number of rotatable bonds is 4. The monoisotopic (exact) mass is 377 g/mol. The molecule has 1 aromatic rings. The van der Waals surface area contributed by atoms with E-state index in [2.05, 4.69) is 20.9 Å². The van der Waals surface area contributed by atoms with Gasteiger partial charge in [-0.2, -0.15) is 5.10 Å². The smallest absolute Gasteiger partial charge is 0.857 e. The zero-order chi connectivity index (χ0) is 17.2. The summed E-state index contributed by atoms with van der Waals surface area (Å²) in [5.74, 6) is 5.01. The first-order chi connectivity index (χ1) is 11.7. The van der Waals surface area contributed by atoms with E-state index >= 15 is 0 Å². The number of nitrogens with one attached hydrogen (secondary N) is 2. The van der Waals surface area contributed by atoms with Gasteiger partial charge in [-0.1, -0.05) is 24.3 Å². The van der Waals surface area contributed by atoms with Gasteiger partial charge < -0.3 is 16.4 Å². The van der Waals surface area contributed by atoms with E-state index in [1.807, 2.05) is 62.6 Å². The van der Waals surface area contributed by atoms with Crippen molar-refractivity contribution < 1.29 is 22.2 Å². The van der Waals surface area contributed by atoms with Crippen molar-refractivity contribution in [3.05, 3.63) is 90.9 Å². The molecule has 0 atom stereocenters. The number of hydrogen-bond acceptors (Lipinski definition) is 6. The molecule has 0 unspecified atom stereocenters. The number of nitrogens with two attached hydrogens (primary N) is 1. The maximum absolute atomic E-state index is 11.2. The first-order valence-electron chi connectivity index (χ1n) is 7.36. The molecule has 2 aliphatic carbocycles. The average Bonchev–Trinajstić information content (AvgIpc) is 3.35. The summed E-state index contributed by atoms with van der Waals surface area (Å²) < 4.78 is 0. The number of aromatic nitrogens is 1. The van der Waals surface area contributed by atoms with Crippen molar-refractivity contribution in [2.24, 2.45) is 10.9 Å². The van der Waals surface area contributed by atoms with Crippen LogP contribution in [0.4, 0.5) is 5.82 Å². The van der Waals surface area contributed by atoms with Crippen LogP contribution in [-0.4, -0.2) is 10.9 Å². The minimum Gasteiger partial charge on any atom is -0.857 e. The second-order valence-electron chi connectivity index (χ2n) is 4.88. The molecule has 6 nitrogen and oxygen atoms in total. The summed E-state index contributed by atoms with van der Waals surface area (Å²) >= 11 is 0. The first kappa shape index (κ1) is 20.4. The fraction of sp³-hybridized carbons (Fsp3) is 0.0556. The Hall–Kier alpha value is -2.63. The van der Waals surface area contributed by atoms with Crippen LogP contribution in [0.15, 0.2) is 71.2 Å². The Morgan fingerprint density at radius 1 is 1.24 bits per heavy atom. The van der Waals surface area contributed by atoms with Crippen LogP contribution in [0.2, 0.25) is 0 Å². The Balaban J connectivity index is 0.000000448. The Labute approximate surface area is 158 Å². The molecule has 25 heavy (non-hydrogen) atoms. The van der Waals surface area contributed by atoms with Crippen molar-refractivity contribution in [3.8, 4) is 0 Å². The summed E-state index contributed by atoms with van der Waals surface area (Å²) in [5.41, 5.74) is 8.41. The number of anilines is 1. The van der Waals surface area contributed by atoms with Crippen molar-refractivity contribution >= 4 is 11.7 Å². The van der Waals surface area contributed by atoms with Gasteiger partial charge in [-0.15, -0.1) is 12.8 Å². The molecule has 3 rings (SSSR count). The molecule has 0 bridgehead atoms. The third-order valence-corrected chi connectivity index (χ3v) is 3.16. The molecule has 0 amide bonds. The summed E-state index contributed by atoms with van der Waals surface area (Å²) in [7, 11) is 0. The summed E-state index contributed by atoms with van der Waals surface area (Å²) in [6.45, 7) is 1.95. The number of hydrazine groups is 1. The fourth-order valence-corrected chi connectivity index (χ4v) is 1.84. The van der Waals surface area contributed by atoms with Crippen molar-refractivity contribution in [3.63, 3.8) is 0 Å². The van der Waals surface area contributed by atoms with Gasteiger partial charge in [-0.3, -0.25) is 5.43 Å². The van der Waals surface area contributed by atoms with Gasteiger partial charge >= 0.3 is 17.1 Å². The molecular formula is C18H19FeN5O. The molecule has 0 aromatic carbocycles. The zero-order valence-corrected chi connectivity index (χ0v) is 14.8. The van der Waals surface area contributed by atoms with Gasteiger partial charge in [0.25, 0.3) is 0 Å². The number of hydrogen-bond donors (Lipinski definition) is 3. The van der Waals surface area contributed by atoms with E-state index in [9.17, 15) is 5.11 Å². The Morgan fingerprint density at radius 2 is 2.00 bits per heavy atom. The Morgan fingerprint density at radius 3 is 2.48 bits per heavy atom. The summed E-state index contributed by atoms with van der Waals surface area (Å²) in [5, 5.41) is 14.3.